The van der Waals surface area contributed by atoms with E-state index < -0.39 is 0 Å². The molecule has 4 nitrogen and oxygen atoms in total. The third-order valence-electron chi connectivity index (χ3n) is 4.00. The number of hydrogen-bond donors (Lipinski definition) is 2. The first-order valence-electron chi connectivity index (χ1n) is 7.13. The van der Waals surface area contributed by atoms with Gasteiger partial charge in [0.25, 0.3) is 0 Å². The summed E-state index contributed by atoms with van der Waals surface area (Å²) < 4.78 is 1.91. The van der Waals surface area contributed by atoms with Crippen LogP contribution in [0.5, 0.6) is 0 Å². The highest BCUT2D eigenvalue weighted by Gasteiger charge is 2.18. The molecule has 0 amide bonds. The molecular formula is C17H20N4. The molecule has 108 valence electrons. The molecule has 0 saturated heterocycles. The molecule has 3 N–H and O–H groups in total. The lowest BCUT2D eigenvalue weighted by Crippen LogP contribution is -2.30. The summed E-state index contributed by atoms with van der Waals surface area (Å²) >= 11 is 0. The Labute approximate surface area is 124 Å². The molecule has 0 saturated carbocycles. The number of para-hydroxylation sites is 1. The molecule has 1 heterocycles. The first-order valence-corrected chi connectivity index (χ1v) is 7.13. The molecule has 0 aliphatic carbocycles. The van der Waals surface area contributed by atoms with Crippen LogP contribution in [0.25, 0.3) is 10.9 Å². The predicted octanol–water partition coefficient (Wildman–Crippen LogP) is 2.63. The van der Waals surface area contributed by atoms with E-state index in [4.69, 9.17) is 5.84 Å². The van der Waals surface area contributed by atoms with E-state index in [1.807, 2.05) is 23.9 Å². The van der Waals surface area contributed by atoms with Crippen LogP contribution in [0.1, 0.15) is 22.9 Å². The maximum absolute atomic E-state index is 5.80. The summed E-state index contributed by atoms with van der Waals surface area (Å²) in [5, 5.41) is 5.81. The Kier molecular flexibility index (Phi) is 3.73. The zero-order valence-electron chi connectivity index (χ0n) is 12.4. The second kappa shape index (κ2) is 5.68. The van der Waals surface area contributed by atoms with Crippen LogP contribution in [0.15, 0.2) is 48.5 Å². The van der Waals surface area contributed by atoms with E-state index >= 15 is 0 Å². The van der Waals surface area contributed by atoms with Gasteiger partial charge in [-0.05, 0) is 30.5 Å². The number of hydrogen-bond acceptors (Lipinski definition) is 3. The molecule has 4 heteroatoms. The maximum Gasteiger partial charge on any atom is 0.0889 e. The van der Waals surface area contributed by atoms with E-state index in [1.165, 1.54) is 11.1 Å². The molecule has 1 unspecified atom stereocenters. The SMILES string of the molecule is Cc1ccccc1CC(NN)c1nn(C)c2ccccc12. The number of benzene rings is 2. The number of hydrazine groups is 1. The lowest BCUT2D eigenvalue weighted by molar-refractivity contribution is 0.531. The quantitative estimate of drug-likeness (QED) is 0.570. The Bertz CT molecular complexity index is 760. The lowest BCUT2D eigenvalue weighted by Gasteiger charge is -2.15. The van der Waals surface area contributed by atoms with Crippen LogP contribution in [0.3, 0.4) is 0 Å². The summed E-state index contributed by atoms with van der Waals surface area (Å²) in [5.41, 5.74) is 7.61. The van der Waals surface area contributed by atoms with E-state index in [2.05, 4.69) is 53.8 Å². The van der Waals surface area contributed by atoms with Crippen LogP contribution < -0.4 is 11.3 Å². The van der Waals surface area contributed by atoms with Crippen molar-refractivity contribution in [2.75, 3.05) is 0 Å². The van der Waals surface area contributed by atoms with Crippen molar-refractivity contribution in [1.29, 1.82) is 0 Å². The predicted molar refractivity (Wildman–Crippen MR) is 85.7 cm³/mol. The van der Waals surface area contributed by atoms with Crippen molar-refractivity contribution in [3.8, 4) is 0 Å². The molecule has 3 aromatic rings. The highest BCUT2D eigenvalue weighted by molar-refractivity contribution is 5.82. The van der Waals surface area contributed by atoms with Gasteiger partial charge in [-0.2, -0.15) is 5.10 Å². The molecule has 0 spiro atoms. The summed E-state index contributed by atoms with van der Waals surface area (Å²) in [7, 11) is 1.97. The Balaban J connectivity index is 2.01. The van der Waals surface area contributed by atoms with Crippen LogP contribution in [-0.2, 0) is 13.5 Å². The van der Waals surface area contributed by atoms with Gasteiger partial charge >= 0.3 is 0 Å². The Morgan fingerprint density at radius 3 is 2.62 bits per heavy atom. The van der Waals surface area contributed by atoms with Gasteiger partial charge in [-0.25, -0.2) is 0 Å². The first kappa shape index (κ1) is 13.8. The van der Waals surface area contributed by atoms with Crippen LogP contribution >= 0.6 is 0 Å². The minimum atomic E-state index is -0.00259. The molecule has 3 rings (SSSR count). The van der Waals surface area contributed by atoms with E-state index in [0.29, 0.717) is 0 Å². The Morgan fingerprint density at radius 2 is 1.86 bits per heavy atom. The fraction of sp³-hybridized carbons (Fsp3) is 0.235. The minimum absolute atomic E-state index is 0.00259. The van der Waals surface area contributed by atoms with Crippen molar-refractivity contribution >= 4 is 10.9 Å². The van der Waals surface area contributed by atoms with E-state index in [9.17, 15) is 0 Å². The molecule has 0 aliphatic rings. The zero-order chi connectivity index (χ0) is 14.8. The summed E-state index contributed by atoms with van der Waals surface area (Å²) in [5.74, 6) is 5.80. The monoisotopic (exact) mass is 280 g/mol. The van der Waals surface area contributed by atoms with Crippen molar-refractivity contribution in [3.05, 3.63) is 65.4 Å². The maximum atomic E-state index is 5.80. The van der Waals surface area contributed by atoms with Crippen molar-refractivity contribution in [3.63, 3.8) is 0 Å². The van der Waals surface area contributed by atoms with Gasteiger partial charge in [0.05, 0.1) is 17.3 Å². The zero-order valence-corrected chi connectivity index (χ0v) is 12.4. The molecule has 0 fully saturated rings. The van der Waals surface area contributed by atoms with Crippen molar-refractivity contribution in [2.45, 2.75) is 19.4 Å². The molecular weight excluding hydrogens is 260 g/mol. The smallest absolute Gasteiger partial charge is 0.0889 e. The topological polar surface area (TPSA) is 55.9 Å². The Hall–Kier alpha value is -2.17. The summed E-state index contributed by atoms with van der Waals surface area (Å²) in [6.07, 6.45) is 0.824. The number of nitrogens with one attached hydrogen (secondary N) is 1. The Morgan fingerprint density at radius 1 is 1.14 bits per heavy atom. The van der Waals surface area contributed by atoms with Gasteiger partial charge in [0.15, 0.2) is 0 Å². The third kappa shape index (κ3) is 2.55. The summed E-state index contributed by atoms with van der Waals surface area (Å²) in [6.45, 7) is 2.12. The first-order chi connectivity index (χ1) is 10.2. The number of rotatable bonds is 4. The number of fused-ring (bicyclic) bond motifs is 1. The molecule has 1 atom stereocenters. The van der Waals surface area contributed by atoms with Gasteiger partial charge < -0.3 is 0 Å². The summed E-state index contributed by atoms with van der Waals surface area (Å²) in [6, 6.07) is 16.6. The standard InChI is InChI=1S/C17H20N4/c1-12-7-3-4-8-13(12)11-15(19-18)17-14-9-5-6-10-16(14)21(2)20-17/h3-10,15,19H,11,18H2,1-2H3. The fourth-order valence-electron chi connectivity index (χ4n) is 2.79. The third-order valence-corrected chi connectivity index (χ3v) is 4.00. The van der Waals surface area contributed by atoms with Gasteiger partial charge in [0.2, 0.25) is 0 Å². The van der Waals surface area contributed by atoms with Crippen molar-refractivity contribution < 1.29 is 0 Å². The van der Waals surface area contributed by atoms with E-state index in [0.717, 1.165) is 23.0 Å². The normalized spacial score (nSPS) is 12.7. The van der Waals surface area contributed by atoms with Crippen LogP contribution in [0, 0.1) is 6.92 Å². The average Bonchev–Trinajstić information content (AvgIpc) is 2.84. The molecule has 1 aromatic heterocycles. The van der Waals surface area contributed by atoms with E-state index in [1.54, 1.807) is 0 Å². The summed E-state index contributed by atoms with van der Waals surface area (Å²) in [4.78, 5) is 0. The lowest BCUT2D eigenvalue weighted by atomic mass is 9.98. The number of aryl methyl sites for hydroxylation is 2. The van der Waals surface area contributed by atoms with Crippen LogP contribution in [0.2, 0.25) is 0 Å². The highest BCUT2D eigenvalue weighted by Crippen LogP contribution is 2.26. The van der Waals surface area contributed by atoms with Crippen molar-refractivity contribution in [2.24, 2.45) is 12.9 Å². The minimum Gasteiger partial charge on any atom is -0.271 e. The van der Waals surface area contributed by atoms with Gasteiger partial charge in [-0.15, -0.1) is 0 Å². The van der Waals surface area contributed by atoms with Crippen LogP contribution in [-0.4, -0.2) is 9.78 Å². The van der Waals surface area contributed by atoms with Gasteiger partial charge in [0.1, 0.15) is 0 Å². The fourth-order valence-corrected chi connectivity index (χ4v) is 2.79. The van der Waals surface area contributed by atoms with Gasteiger partial charge in [0, 0.05) is 12.4 Å². The second-order valence-electron chi connectivity index (χ2n) is 5.38. The van der Waals surface area contributed by atoms with Gasteiger partial charge in [-0.1, -0.05) is 42.5 Å². The number of nitrogens with two attached hydrogens (primary N) is 1. The number of aromatic nitrogens is 2. The van der Waals surface area contributed by atoms with Crippen molar-refractivity contribution in [1.82, 2.24) is 15.2 Å². The molecule has 21 heavy (non-hydrogen) atoms. The average molecular weight is 280 g/mol. The molecule has 0 radical (unpaired) electrons. The van der Waals surface area contributed by atoms with Crippen LogP contribution in [0.4, 0.5) is 0 Å². The largest absolute Gasteiger partial charge is 0.271 e. The highest BCUT2D eigenvalue weighted by atomic mass is 15.3. The molecule has 0 aliphatic heterocycles. The molecule has 2 aromatic carbocycles. The molecule has 0 bridgehead atoms. The van der Waals surface area contributed by atoms with Gasteiger partial charge in [-0.3, -0.25) is 16.0 Å². The van der Waals surface area contributed by atoms with E-state index in [-0.39, 0.29) is 6.04 Å². The number of nitrogens with zero attached hydrogens (tertiary/aromatic N) is 2. The second-order valence-corrected chi connectivity index (χ2v) is 5.38.